The zero-order valence-electron chi connectivity index (χ0n) is 13.4. The van der Waals surface area contributed by atoms with Crippen LogP contribution in [0.2, 0.25) is 0 Å². The molecule has 0 radical (unpaired) electrons. The summed E-state index contributed by atoms with van der Waals surface area (Å²) in [5.74, 6) is -0.0632. The number of aryl methyl sites for hydroxylation is 1. The molecule has 2 aromatic carbocycles. The molecule has 2 aromatic heterocycles. The summed E-state index contributed by atoms with van der Waals surface area (Å²) >= 11 is 0. The van der Waals surface area contributed by atoms with Crippen molar-refractivity contribution in [2.24, 2.45) is 7.05 Å². The molecule has 2 heterocycles. The van der Waals surface area contributed by atoms with Crippen LogP contribution in [0.3, 0.4) is 0 Å². The summed E-state index contributed by atoms with van der Waals surface area (Å²) in [5.41, 5.74) is 4.84. The number of nitrogens with zero attached hydrogens (tertiary/aromatic N) is 2. The first-order valence-electron chi connectivity index (χ1n) is 7.96. The third kappa shape index (κ3) is 2.54. The number of H-pyrrole nitrogens is 1. The van der Waals surface area contributed by atoms with Crippen LogP contribution in [0.25, 0.3) is 21.9 Å². The van der Waals surface area contributed by atoms with Gasteiger partial charge in [-0.2, -0.15) is 0 Å². The van der Waals surface area contributed by atoms with Gasteiger partial charge in [-0.15, -0.1) is 0 Å². The van der Waals surface area contributed by atoms with Crippen molar-refractivity contribution in [2.75, 3.05) is 6.54 Å². The van der Waals surface area contributed by atoms with Gasteiger partial charge in [-0.05, 0) is 36.2 Å². The maximum absolute atomic E-state index is 12.3. The number of hydrogen-bond donors (Lipinski definition) is 2. The number of amides is 1. The summed E-state index contributed by atoms with van der Waals surface area (Å²) in [6, 6.07) is 13.8. The van der Waals surface area contributed by atoms with E-state index in [0.29, 0.717) is 12.1 Å². The number of carbonyl (C=O) groups excluding carboxylic acids is 1. The van der Waals surface area contributed by atoms with Crippen molar-refractivity contribution in [1.82, 2.24) is 19.9 Å². The van der Waals surface area contributed by atoms with Crippen molar-refractivity contribution in [3.8, 4) is 0 Å². The van der Waals surface area contributed by atoms with Crippen LogP contribution in [0.15, 0.2) is 55.0 Å². The van der Waals surface area contributed by atoms with E-state index in [0.717, 1.165) is 17.5 Å². The molecule has 5 heteroatoms. The number of aromatic nitrogens is 3. The SMILES string of the molecule is Cn1cc(CCNC(=O)c2ccc3nc[nH]c3c2)c2ccccc21. The van der Waals surface area contributed by atoms with Gasteiger partial charge in [0.2, 0.25) is 0 Å². The first-order valence-corrected chi connectivity index (χ1v) is 7.96. The van der Waals surface area contributed by atoms with Gasteiger partial charge in [-0.3, -0.25) is 4.79 Å². The van der Waals surface area contributed by atoms with Crippen molar-refractivity contribution in [1.29, 1.82) is 0 Å². The van der Waals surface area contributed by atoms with Crippen LogP contribution in [0.1, 0.15) is 15.9 Å². The largest absolute Gasteiger partial charge is 0.352 e. The Morgan fingerprint density at radius 1 is 1.25 bits per heavy atom. The lowest BCUT2D eigenvalue weighted by Gasteiger charge is -2.05. The quantitative estimate of drug-likeness (QED) is 0.607. The number of nitrogens with one attached hydrogen (secondary N) is 2. The minimum absolute atomic E-state index is 0.0632. The smallest absolute Gasteiger partial charge is 0.251 e. The number of para-hydroxylation sites is 1. The highest BCUT2D eigenvalue weighted by molar-refractivity contribution is 5.97. The van der Waals surface area contributed by atoms with Gasteiger partial charge < -0.3 is 14.9 Å². The average molecular weight is 318 g/mol. The Labute approximate surface area is 139 Å². The molecule has 0 atom stereocenters. The topological polar surface area (TPSA) is 62.7 Å². The molecule has 24 heavy (non-hydrogen) atoms. The van der Waals surface area contributed by atoms with Gasteiger partial charge in [0, 0.05) is 36.3 Å². The second-order valence-electron chi connectivity index (χ2n) is 5.92. The molecule has 0 aliphatic carbocycles. The molecule has 0 saturated carbocycles. The number of imidazole rings is 1. The van der Waals surface area contributed by atoms with Gasteiger partial charge in [-0.25, -0.2) is 4.98 Å². The minimum atomic E-state index is -0.0632. The Balaban J connectivity index is 1.45. The fourth-order valence-electron chi connectivity index (χ4n) is 3.11. The zero-order chi connectivity index (χ0) is 16.5. The molecule has 2 N–H and O–H groups in total. The number of fused-ring (bicyclic) bond motifs is 2. The highest BCUT2D eigenvalue weighted by Gasteiger charge is 2.09. The lowest BCUT2D eigenvalue weighted by molar-refractivity contribution is 0.0954. The zero-order valence-corrected chi connectivity index (χ0v) is 13.4. The van der Waals surface area contributed by atoms with E-state index in [9.17, 15) is 4.79 Å². The molecule has 0 aliphatic rings. The van der Waals surface area contributed by atoms with E-state index in [2.05, 4.69) is 38.2 Å². The van der Waals surface area contributed by atoms with Gasteiger partial charge in [0.05, 0.1) is 17.4 Å². The summed E-state index contributed by atoms with van der Waals surface area (Å²) < 4.78 is 2.12. The van der Waals surface area contributed by atoms with Crippen LogP contribution in [0.4, 0.5) is 0 Å². The second kappa shape index (κ2) is 5.85. The monoisotopic (exact) mass is 318 g/mol. The van der Waals surface area contributed by atoms with E-state index in [4.69, 9.17) is 0 Å². The van der Waals surface area contributed by atoms with Crippen LogP contribution < -0.4 is 5.32 Å². The van der Waals surface area contributed by atoms with Crippen LogP contribution in [0, 0.1) is 0 Å². The van der Waals surface area contributed by atoms with Gasteiger partial charge in [-0.1, -0.05) is 18.2 Å². The van der Waals surface area contributed by atoms with Crippen molar-refractivity contribution in [2.45, 2.75) is 6.42 Å². The first-order chi connectivity index (χ1) is 11.7. The highest BCUT2D eigenvalue weighted by atomic mass is 16.1. The maximum atomic E-state index is 12.3. The Morgan fingerprint density at radius 2 is 2.12 bits per heavy atom. The molecule has 0 aliphatic heterocycles. The Morgan fingerprint density at radius 3 is 3.04 bits per heavy atom. The fraction of sp³-hybridized carbons (Fsp3) is 0.158. The molecule has 0 unspecified atom stereocenters. The molecule has 0 bridgehead atoms. The molecule has 4 aromatic rings. The van der Waals surface area contributed by atoms with Crippen LogP contribution in [-0.2, 0) is 13.5 Å². The molecule has 120 valence electrons. The standard InChI is InChI=1S/C19H18N4O/c1-23-11-14(15-4-2-3-5-18(15)23)8-9-20-19(24)13-6-7-16-17(10-13)22-12-21-16/h2-7,10-12H,8-9H2,1H3,(H,20,24)(H,21,22). The molecule has 0 spiro atoms. The van der Waals surface area contributed by atoms with E-state index in [1.54, 1.807) is 12.4 Å². The maximum Gasteiger partial charge on any atom is 0.251 e. The predicted octanol–water partition coefficient (Wildman–Crippen LogP) is 3.03. The Bertz CT molecular complexity index is 1030. The Hall–Kier alpha value is -3.08. The summed E-state index contributed by atoms with van der Waals surface area (Å²) in [6.07, 6.45) is 4.57. The predicted molar refractivity (Wildman–Crippen MR) is 95.0 cm³/mol. The molecule has 5 nitrogen and oxygen atoms in total. The molecule has 4 rings (SSSR count). The van der Waals surface area contributed by atoms with Gasteiger partial charge in [0.25, 0.3) is 5.91 Å². The highest BCUT2D eigenvalue weighted by Crippen LogP contribution is 2.20. The number of benzene rings is 2. The van der Waals surface area contributed by atoms with E-state index in [1.807, 2.05) is 31.3 Å². The summed E-state index contributed by atoms with van der Waals surface area (Å²) in [6.45, 7) is 0.605. The fourth-order valence-corrected chi connectivity index (χ4v) is 3.11. The summed E-state index contributed by atoms with van der Waals surface area (Å²) in [5, 5.41) is 4.24. The number of aromatic amines is 1. The number of carbonyl (C=O) groups is 1. The summed E-state index contributed by atoms with van der Waals surface area (Å²) in [4.78, 5) is 19.5. The first kappa shape index (κ1) is 14.5. The third-order valence-electron chi connectivity index (χ3n) is 4.34. The van der Waals surface area contributed by atoms with Crippen molar-refractivity contribution < 1.29 is 4.79 Å². The lowest BCUT2D eigenvalue weighted by Crippen LogP contribution is -2.25. The number of hydrogen-bond acceptors (Lipinski definition) is 2. The van der Waals surface area contributed by atoms with E-state index >= 15 is 0 Å². The van der Waals surface area contributed by atoms with Gasteiger partial charge in [0.15, 0.2) is 0 Å². The van der Waals surface area contributed by atoms with E-state index in [-0.39, 0.29) is 5.91 Å². The summed E-state index contributed by atoms with van der Waals surface area (Å²) in [7, 11) is 2.05. The molecule has 0 saturated heterocycles. The second-order valence-corrected chi connectivity index (χ2v) is 5.92. The Kier molecular flexibility index (Phi) is 3.54. The van der Waals surface area contributed by atoms with E-state index in [1.165, 1.54) is 16.5 Å². The van der Waals surface area contributed by atoms with Crippen molar-refractivity contribution in [3.63, 3.8) is 0 Å². The van der Waals surface area contributed by atoms with Crippen LogP contribution >= 0.6 is 0 Å². The van der Waals surface area contributed by atoms with Crippen molar-refractivity contribution in [3.05, 3.63) is 66.1 Å². The van der Waals surface area contributed by atoms with Crippen LogP contribution in [-0.4, -0.2) is 27.0 Å². The van der Waals surface area contributed by atoms with Crippen LogP contribution in [0.5, 0.6) is 0 Å². The molecule has 0 fully saturated rings. The molecule has 1 amide bonds. The molecular formula is C19H18N4O. The van der Waals surface area contributed by atoms with Gasteiger partial charge >= 0.3 is 0 Å². The molecular weight excluding hydrogens is 300 g/mol. The minimum Gasteiger partial charge on any atom is -0.352 e. The number of rotatable bonds is 4. The normalized spacial score (nSPS) is 11.2. The lowest BCUT2D eigenvalue weighted by atomic mass is 10.1. The van der Waals surface area contributed by atoms with Gasteiger partial charge in [0.1, 0.15) is 0 Å². The third-order valence-corrected chi connectivity index (χ3v) is 4.34. The van der Waals surface area contributed by atoms with E-state index < -0.39 is 0 Å². The van der Waals surface area contributed by atoms with Crippen molar-refractivity contribution >= 4 is 27.8 Å². The average Bonchev–Trinajstić information content (AvgIpc) is 3.19.